The largest absolute Gasteiger partial charge is 0.481 e. The van der Waals surface area contributed by atoms with Crippen LogP contribution in [0.3, 0.4) is 0 Å². The van der Waals surface area contributed by atoms with Crippen LogP contribution >= 0.6 is 15.9 Å². The average molecular weight is 283 g/mol. The molecule has 0 spiro atoms. The van der Waals surface area contributed by atoms with Gasteiger partial charge in [0.05, 0.1) is 17.6 Å². The molecule has 1 N–H and O–H groups in total. The van der Waals surface area contributed by atoms with E-state index in [9.17, 15) is 4.79 Å². The minimum absolute atomic E-state index is 0.0417. The lowest BCUT2D eigenvalue weighted by atomic mass is 10.2. The molecule has 2 aromatic rings. The highest BCUT2D eigenvalue weighted by atomic mass is 79.9. The van der Waals surface area contributed by atoms with Gasteiger partial charge in [0.15, 0.2) is 0 Å². The number of aliphatic carboxylic acids is 1. The van der Waals surface area contributed by atoms with E-state index in [1.807, 2.05) is 29.8 Å². The van der Waals surface area contributed by atoms with Crippen LogP contribution in [0.25, 0.3) is 10.9 Å². The van der Waals surface area contributed by atoms with Crippen LogP contribution in [0.2, 0.25) is 0 Å². The van der Waals surface area contributed by atoms with Gasteiger partial charge in [-0.1, -0.05) is 15.9 Å². The van der Waals surface area contributed by atoms with Crippen LogP contribution in [0.5, 0.6) is 0 Å². The molecule has 2 rings (SSSR count). The van der Waals surface area contributed by atoms with Crippen LogP contribution in [0.15, 0.2) is 22.7 Å². The van der Waals surface area contributed by atoms with E-state index in [1.54, 1.807) is 0 Å². The van der Waals surface area contributed by atoms with Crippen molar-refractivity contribution in [2.24, 2.45) is 0 Å². The Morgan fingerprint density at radius 1 is 1.56 bits per heavy atom. The zero-order valence-electron chi connectivity index (χ0n) is 8.77. The highest BCUT2D eigenvalue weighted by Crippen LogP contribution is 2.23. The van der Waals surface area contributed by atoms with Crippen LogP contribution in [0.4, 0.5) is 0 Å². The maximum Gasteiger partial charge on any atom is 0.309 e. The molecule has 0 fully saturated rings. The summed E-state index contributed by atoms with van der Waals surface area (Å²) >= 11 is 3.38. The number of carbonyl (C=O) groups is 1. The van der Waals surface area contributed by atoms with Gasteiger partial charge in [0.1, 0.15) is 0 Å². The van der Waals surface area contributed by atoms with Gasteiger partial charge in [-0.15, -0.1) is 0 Å². The molecule has 84 valence electrons. The van der Waals surface area contributed by atoms with Gasteiger partial charge in [-0.05, 0) is 25.1 Å². The first kappa shape index (κ1) is 11.1. The fourth-order valence-electron chi connectivity index (χ4n) is 1.73. The topological polar surface area (TPSA) is 55.1 Å². The third-order valence-electron chi connectivity index (χ3n) is 2.41. The summed E-state index contributed by atoms with van der Waals surface area (Å²) in [5, 5.41) is 14.0. The predicted molar refractivity (Wildman–Crippen MR) is 64.4 cm³/mol. The summed E-state index contributed by atoms with van der Waals surface area (Å²) in [4.78, 5) is 10.7. The average Bonchev–Trinajstić information content (AvgIpc) is 2.55. The summed E-state index contributed by atoms with van der Waals surface area (Å²) in [6.07, 6.45) is -0.0417. The number of hydrogen-bond acceptors (Lipinski definition) is 2. The van der Waals surface area contributed by atoms with Crippen LogP contribution in [-0.2, 0) is 17.8 Å². The lowest BCUT2D eigenvalue weighted by molar-refractivity contribution is -0.136. The molecular weight excluding hydrogens is 272 g/mol. The summed E-state index contributed by atoms with van der Waals surface area (Å²) in [6, 6.07) is 5.79. The lowest BCUT2D eigenvalue weighted by Gasteiger charge is -1.97. The Balaban J connectivity index is 2.63. The Labute approximate surface area is 101 Å². The Morgan fingerprint density at radius 2 is 2.31 bits per heavy atom. The van der Waals surface area contributed by atoms with Crippen LogP contribution < -0.4 is 0 Å². The monoisotopic (exact) mass is 282 g/mol. The summed E-state index contributed by atoms with van der Waals surface area (Å²) < 4.78 is 2.75. The number of aromatic nitrogens is 2. The number of halogens is 1. The van der Waals surface area contributed by atoms with Crippen molar-refractivity contribution in [2.45, 2.75) is 19.9 Å². The molecule has 0 saturated heterocycles. The normalized spacial score (nSPS) is 10.9. The fourth-order valence-corrected chi connectivity index (χ4v) is 2.09. The van der Waals surface area contributed by atoms with Gasteiger partial charge >= 0.3 is 5.97 Å². The standard InChI is InChI=1S/C11H11BrN2O2/c1-2-14-10-4-3-7(12)5-8(10)9(13-14)6-11(15)16/h3-5H,2,6H2,1H3,(H,15,16). The second-order valence-electron chi connectivity index (χ2n) is 3.49. The van der Waals surface area contributed by atoms with Gasteiger partial charge in [-0.2, -0.15) is 5.10 Å². The third-order valence-corrected chi connectivity index (χ3v) is 2.90. The molecule has 0 bridgehead atoms. The van der Waals surface area contributed by atoms with Crippen molar-refractivity contribution < 1.29 is 9.90 Å². The van der Waals surface area contributed by atoms with E-state index in [1.165, 1.54) is 0 Å². The molecule has 1 heterocycles. The number of aryl methyl sites for hydroxylation is 1. The minimum atomic E-state index is -0.859. The third kappa shape index (κ3) is 1.95. The molecule has 0 aliphatic heterocycles. The lowest BCUT2D eigenvalue weighted by Crippen LogP contribution is -2.02. The van der Waals surface area contributed by atoms with Crippen molar-refractivity contribution in [3.8, 4) is 0 Å². The number of hydrogen-bond donors (Lipinski definition) is 1. The quantitative estimate of drug-likeness (QED) is 0.941. The van der Waals surface area contributed by atoms with E-state index in [2.05, 4.69) is 21.0 Å². The van der Waals surface area contributed by atoms with E-state index >= 15 is 0 Å². The number of nitrogens with zero attached hydrogens (tertiary/aromatic N) is 2. The molecule has 16 heavy (non-hydrogen) atoms. The first-order valence-electron chi connectivity index (χ1n) is 4.98. The first-order chi connectivity index (χ1) is 7.61. The fraction of sp³-hybridized carbons (Fsp3) is 0.273. The molecule has 0 radical (unpaired) electrons. The molecule has 1 aromatic carbocycles. The molecule has 4 nitrogen and oxygen atoms in total. The van der Waals surface area contributed by atoms with Gasteiger partial charge in [0.25, 0.3) is 0 Å². The molecule has 0 unspecified atom stereocenters. The molecule has 1 aromatic heterocycles. The van der Waals surface area contributed by atoms with E-state index in [0.717, 1.165) is 21.9 Å². The molecule has 0 aliphatic carbocycles. The second kappa shape index (κ2) is 4.25. The molecule has 0 amide bonds. The van der Waals surface area contributed by atoms with E-state index in [4.69, 9.17) is 5.11 Å². The van der Waals surface area contributed by atoms with Gasteiger partial charge in [0.2, 0.25) is 0 Å². The number of carboxylic acid groups (broad SMARTS) is 1. The van der Waals surface area contributed by atoms with Crippen molar-refractivity contribution in [1.82, 2.24) is 9.78 Å². The maximum absolute atomic E-state index is 10.7. The number of benzene rings is 1. The summed E-state index contributed by atoms with van der Waals surface area (Å²) in [6.45, 7) is 2.72. The van der Waals surface area contributed by atoms with E-state index in [-0.39, 0.29) is 6.42 Å². The second-order valence-corrected chi connectivity index (χ2v) is 4.41. The summed E-state index contributed by atoms with van der Waals surface area (Å²) in [5.41, 5.74) is 1.59. The molecule has 5 heteroatoms. The Bertz CT molecular complexity index is 548. The van der Waals surface area contributed by atoms with Gasteiger partial charge < -0.3 is 5.11 Å². The highest BCUT2D eigenvalue weighted by Gasteiger charge is 2.12. The Morgan fingerprint density at radius 3 is 2.94 bits per heavy atom. The minimum Gasteiger partial charge on any atom is -0.481 e. The predicted octanol–water partition coefficient (Wildman–Crippen LogP) is 2.45. The maximum atomic E-state index is 10.7. The Kier molecular flexibility index (Phi) is 2.96. The smallest absolute Gasteiger partial charge is 0.309 e. The SMILES string of the molecule is CCn1nc(CC(=O)O)c2cc(Br)ccc21. The van der Waals surface area contributed by atoms with Crippen molar-refractivity contribution >= 4 is 32.8 Å². The van der Waals surface area contributed by atoms with Gasteiger partial charge in [-0.25, -0.2) is 0 Å². The Hall–Kier alpha value is -1.36. The zero-order valence-corrected chi connectivity index (χ0v) is 10.4. The van der Waals surface area contributed by atoms with Crippen molar-refractivity contribution in [3.63, 3.8) is 0 Å². The molecule has 0 atom stereocenters. The van der Waals surface area contributed by atoms with Crippen molar-refractivity contribution in [1.29, 1.82) is 0 Å². The highest BCUT2D eigenvalue weighted by molar-refractivity contribution is 9.10. The van der Waals surface area contributed by atoms with Crippen LogP contribution in [0.1, 0.15) is 12.6 Å². The first-order valence-corrected chi connectivity index (χ1v) is 5.78. The van der Waals surface area contributed by atoms with Gasteiger partial charge in [0, 0.05) is 16.4 Å². The van der Waals surface area contributed by atoms with Crippen LogP contribution in [-0.4, -0.2) is 20.9 Å². The van der Waals surface area contributed by atoms with Crippen molar-refractivity contribution in [2.75, 3.05) is 0 Å². The van der Waals surface area contributed by atoms with E-state index < -0.39 is 5.97 Å². The number of rotatable bonds is 3. The van der Waals surface area contributed by atoms with Gasteiger partial charge in [-0.3, -0.25) is 9.48 Å². The molecule has 0 saturated carbocycles. The van der Waals surface area contributed by atoms with Crippen LogP contribution in [0, 0.1) is 0 Å². The van der Waals surface area contributed by atoms with E-state index in [0.29, 0.717) is 5.69 Å². The number of carboxylic acids is 1. The number of fused-ring (bicyclic) bond motifs is 1. The summed E-state index contributed by atoms with van der Waals surface area (Å²) in [5.74, 6) is -0.859. The molecular formula is C11H11BrN2O2. The van der Waals surface area contributed by atoms with Crippen molar-refractivity contribution in [3.05, 3.63) is 28.4 Å². The summed E-state index contributed by atoms with van der Waals surface area (Å²) in [7, 11) is 0. The zero-order chi connectivity index (χ0) is 11.7. The molecule has 0 aliphatic rings.